The molecule has 6 heteroatoms. The molecular formula is C26H23N3OS2. The number of nitrogens with one attached hydrogen (secondary N) is 1. The van der Waals surface area contributed by atoms with Crippen molar-refractivity contribution in [2.24, 2.45) is 0 Å². The summed E-state index contributed by atoms with van der Waals surface area (Å²) in [7, 11) is 0. The van der Waals surface area contributed by atoms with Crippen molar-refractivity contribution in [3.63, 3.8) is 0 Å². The molecule has 32 heavy (non-hydrogen) atoms. The van der Waals surface area contributed by atoms with Gasteiger partial charge in [-0.15, -0.1) is 11.3 Å². The van der Waals surface area contributed by atoms with Gasteiger partial charge in [-0.3, -0.25) is 4.79 Å². The lowest BCUT2D eigenvalue weighted by Gasteiger charge is -2.21. The van der Waals surface area contributed by atoms with Crippen LogP contribution >= 0.6 is 24.0 Å². The van der Waals surface area contributed by atoms with Crippen LogP contribution in [-0.2, 0) is 17.8 Å². The van der Waals surface area contributed by atoms with Crippen LogP contribution in [0.4, 0.5) is 0 Å². The van der Waals surface area contributed by atoms with Gasteiger partial charge in [-0.25, -0.2) is 4.98 Å². The van der Waals surface area contributed by atoms with E-state index in [1.165, 1.54) is 0 Å². The average Bonchev–Trinajstić information content (AvgIpc) is 3.40. The molecular weight excluding hydrogens is 434 g/mol. The standard InChI is InChI=1S/C26H23N3OS2/c30-25(29(14-15-31)17-24-27-22-12-6-7-13-23(22)32-24)16-20-19-10-4-5-11-21(19)28-26(20)18-8-2-1-3-9-18/h1-13,28,31H,14-17H2. The van der Waals surface area contributed by atoms with Gasteiger partial charge in [-0.05, 0) is 29.3 Å². The molecule has 4 nitrogen and oxygen atoms in total. The predicted molar refractivity (Wildman–Crippen MR) is 136 cm³/mol. The Morgan fingerprint density at radius 3 is 2.53 bits per heavy atom. The largest absolute Gasteiger partial charge is 0.354 e. The van der Waals surface area contributed by atoms with Crippen molar-refractivity contribution in [3.8, 4) is 11.3 Å². The van der Waals surface area contributed by atoms with Crippen LogP contribution < -0.4 is 0 Å². The van der Waals surface area contributed by atoms with E-state index in [2.05, 4.69) is 47.9 Å². The van der Waals surface area contributed by atoms with Crippen molar-refractivity contribution in [1.29, 1.82) is 0 Å². The number of para-hydroxylation sites is 2. The van der Waals surface area contributed by atoms with Crippen molar-refractivity contribution in [1.82, 2.24) is 14.9 Å². The SMILES string of the molecule is O=C(Cc1c(-c2ccccc2)[nH]c2ccccc12)N(CCS)Cc1nc2ccccc2s1. The molecule has 5 aromatic rings. The van der Waals surface area contributed by atoms with Crippen LogP contribution in [0, 0.1) is 0 Å². The van der Waals surface area contributed by atoms with E-state index in [0.29, 0.717) is 25.3 Å². The molecule has 1 amide bonds. The highest BCUT2D eigenvalue weighted by Gasteiger charge is 2.21. The maximum Gasteiger partial charge on any atom is 0.227 e. The average molecular weight is 458 g/mol. The van der Waals surface area contributed by atoms with Gasteiger partial charge in [0.25, 0.3) is 0 Å². The number of carbonyl (C=O) groups is 1. The van der Waals surface area contributed by atoms with Crippen molar-refractivity contribution in [2.45, 2.75) is 13.0 Å². The highest BCUT2D eigenvalue weighted by Crippen LogP contribution is 2.31. The molecule has 0 unspecified atom stereocenters. The van der Waals surface area contributed by atoms with Crippen LogP contribution in [0.15, 0.2) is 78.9 Å². The summed E-state index contributed by atoms with van der Waals surface area (Å²) in [6.07, 6.45) is 0.326. The second-order valence-corrected chi connectivity index (χ2v) is 9.24. The summed E-state index contributed by atoms with van der Waals surface area (Å²) in [5.74, 6) is 0.691. The van der Waals surface area contributed by atoms with Gasteiger partial charge in [-0.2, -0.15) is 12.6 Å². The molecule has 0 fully saturated rings. The van der Waals surface area contributed by atoms with E-state index in [-0.39, 0.29) is 5.91 Å². The number of nitrogens with zero attached hydrogens (tertiary/aromatic N) is 2. The number of benzene rings is 3. The Morgan fingerprint density at radius 1 is 0.969 bits per heavy atom. The minimum atomic E-state index is 0.0836. The van der Waals surface area contributed by atoms with Crippen LogP contribution in [0.25, 0.3) is 32.4 Å². The molecule has 5 rings (SSSR count). The van der Waals surface area contributed by atoms with Crippen LogP contribution in [-0.4, -0.2) is 33.1 Å². The third-order valence-electron chi connectivity index (χ3n) is 5.59. The van der Waals surface area contributed by atoms with Gasteiger partial charge >= 0.3 is 0 Å². The summed E-state index contributed by atoms with van der Waals surface area (Å²) >= 11 is 6.05. The molecule has 0 radical (unpaired) electrons. The van der Waals surface area contributed by atoms with Crippen LogP contribution in [0.1, 0.15) is 10.6 Å². The number of fused-ring (bicyclic) bond motifs is 2. The molecule has 0 aliphatic rings. The number of thiol groups is 1. The number of hydrogen-bond donors (Lipinski definition) is 2. The van der Waals surface area contributed by atoms with E-state index >= 15 is 0 Å². The summed E-state index contributed by atoms with van der Waals surface area (Å²) in [5.41, 5.74) is 5.14. The van der Waals surface area contributed by atoms with E-state index in [9.17, 15) is 4.79 Å². The van der Waals surface area contributed by atoms with Gasteiger partial charge < -0.3 is 9.88 Å². The maximum absolute atomic E-state index is 13.5. The van der Waals surface area contributed by atoms with E-state index in [4.69, 9.17) is 4.98 Å². The fourth-order valence-corrected chi connectivity index (χ4v) is 5.29. The minimum Gasteiger partial charge on any atom is -0.354 e. The molecule has 0 saturated carbocycles. The number of thiazole rings is 1. The van der Waals surface area contributed by atoms with E-state index in [0.717, 1.165) is 42.9 Å². The summed E-state index contributed by atoms with van der Waals surface area (Å²) in [5, 5.41) is 2.04. The highest BCUT2D eigenvalue weighted by molar-refractivity contribution is 7.80. The zero-order valence-electron chi connectivity index (χ0n) is 17.5. The molecule has 2 aromatic heterocycles. The monoisotopic (exact) mass is 457 g/mol. The molecule has 3 aromatic carbocycles. The van der Waals surface area contributed by atoms with Gasteiger partial charge in [0.05, 0.1) is 28.9 Å². The van der Waals surface area contributed by atoms with Crippen LogP contribution in [0.2, 0.25) is 0 Å². The smallest absolute Gasteiger partial charge is 0.227 e. The van der Waals surface area contributed by atoms with Gasteiger partial charge in [0.15, 0.2) is 0 Å². The van der Waals surface area contributed by atoms with Crippen molar-refractivity contribution in [3.05, 3.63) is 89.4 Å². The lowest BCUT2D eigenvalue weighted by molar-refractivity contribution is -0.130. The summed E-state index contributed by atoms with van der Waals surface area (Å²) in [6, 6.07) is 26.5. The number of rotatable bonds is 7. The molecule has 160 valence electrons. The quantitative estimate of drug-likeness (QED) is 0.297. The van der Waals surface area contributed by atoms with E-state index in [1.807, 2.05) is 53.4 Å². The second kappa shape index (κ2) is 9.18. The third-order valence-corrected chi connectivity index (χ3v) is 6.81. The van der Waals surface area contributed by atoms with Crippen LogP contribution in [0.5, 0.6) is 0 Å². The Kier molecular flexibility index (Phi) is 5.97. The Labute approximate surface area is 196 Å². The molecule has 0 saturated heterocycles. The topological polar surface area (TPSA) is 49.0 Å². The maximum atomic E-state index is 13.5. The fourth-order valence-electron chi connectivity index (χ4n) is 4.06. The van der Waals surface area contributed by atoms with Crippen molar-refractivity contribution in [2.75, 3.05) is 12.3 Å². The number of aromatic amines is 1. The van der Waals surface area contributed by atoms with Crippen molar-refractivity contribution < 1.29 is 4.79 Å². The predicted octanol–water partition coefficient (Wildman–Crippen LogP) is 5.95. The fraction of sp³-hybridized carbons (Fsp3) is 0.154. The molecule has 2 heterocycles. The first-order valence-corrected chi connectivity index (χ1v) is 12.1. The summed E-state index contributed by atoms with van der Waals surface area (Å²) in [6.45, 7) is 1.09. The number of carbonyl (C=O) groups excluding carboxylic acids is 1. The molecule has 0 atom stereocenters. The molecule has 0 aliphatic carbocycles. The first kappa shape index (κ1) is 20.8. The summed E-state index contributed by atoms with van der Waals surface area (Å²) < 4.78 is 1.14. The molecule has 0 bridgehead atoms. The zero-order valence-corrected chi connectivity index (χ0v) is 19.2. The number of H-pyrrole nitrogens is 1. The van der Waals surface area contributed by atoms with E-state index in [1.54, 1.807) is 11.3 Å². The zero-order chi connectivity index (χ0) is 21.9. The Morgan fingerprint density at radius 2 is 1.72 bits per heavy atom. The lowest BCUT2D eigenvalue weighted by atomic mass is 10.0. The van der Waals surface area contributed by atoms with E-state index < -0.39 is 0 Å². The second-order valence-electron chi connectivity index (χ2n) is 7.68. The van der Waals surface area contributed by atoms with Crippen LogP contribution in [0.3, 0.4) is 0 Å². The number of aromatic nitrogens is 2. The van der Waals surface area contributed by atoms with Gasteiger partial charge in [0.2, 0.25) is 5.91 Å². The Hall–Kier alpha value is -3.09. The number of amides is 1. The van der Waals surface area contributed by atoms with Crippen molar-refractivity contribution >= 4 is 51.0 Å². The van der Waals surface area contributed by atoms with Gasteiger partial charge in [0, 0.05) is 23.2 Å². The molecule has 1 N–H and O–H groups in total. The highest BCUT2D eigenvalue weighted by atomic mass is 32.1. The third kappa shape index (κ3) is 4.16. The summed E-state index contributed by atoms with van der Waals surface area (Å²) in [4.78, 5) is 23.6. The first-order valence-electron chi connectivity index (χ1n) is 10.6. The molecule has 0 aliphatic heterocycles. The lowest BCUT2D eigenvalue weighted by Crippen LogP contribution is -2.33. The van der Waals surface area contributed by atoms with Gasteiger partial charge in [0.1, 0.15) is 5.01 Å². The first-order chi connectivity index (χ1) is 15.7. The normalized spacial score (nSPS) is 11.3. The van der Waals surface area contributed by atoms with Gasteiger partial charge in [-0.1, -0.05) is 60.7 Å². The molecule has 0 spiro atoms. The number of hydrogen-bond acceptors (Lipinski definition) is 4. The Balaban J connectivity index is 1.47. The minimum absolute atomic E-state index is 0.0836. The Bertz CT molecular complexity index is 1340.